The highest BCUT2D eigenvalue weighted by Crippen LogP contribution is 2.03. The molecule has 0 aromatic heterocycles. The summed E-state index contributed by atoms with van der Waals surface area (Å²) in [6, 6.07) is 0. The summed E-state index contributed by atoms with van der Waals surface area (Å²) in [5.41, 5.74) is 0. The lowest BCUT2D eigenvalue weighted by Crippen LogP contribution is -2.15. The maximum absolute atomic E-state index is 5.55. The van der Waals surface area contributed by atoms with Crippen molar-refractivity contribution < 1.29 is 42.6 Å². The van der Waals surface area contributed by atoms with E-state index in [-0.39, 0.29) is 0 Å². The van der Waals surface area contributed by atoms with Gasteiger partial charge in [-0.1, -0.05) is 70.9 Å². The highest BCUT2D eigenvalue weighted by Gasteiger charge is 1.96. The third-order valence-electron chi connectivity index (χ3n) is 5.32. The first kappa shape index (κ1) is 40.1. The molecule has 39 heavy (non-hydrogen) atoms. The summed E-state index contributed by atoms with van der Waals surface area (Å²) in [7, 11) is 0. The standard InChI is InChI=1S/C28H56I2O9/c29-9-5-1-3-7-11-31-13-15-33-17-19-35-21-23-37-25-27-39-28-26-38-24-22-36-20-18-34-16-14-32-12-8-4-2-6-10-30/h1-28H2. The molecule has 0 aromatic rings. The van der Waals surface area contributed by atoms with Gasteiger partial charge < -0.3 is 42.6 Å². The van der Waals surface area contributed by atoms with Gasteiger partial charge in [-0.3, -0.25) is 0 Å². The van der Waals surface area contributed by atoms with Crippen LogP contribution in [0.2, 0.25) is 0 Å². The molecule has 0 spiro atoms. The molecule has 11 heteroatoms. The van der Waals surface area contributed by atoms with Gasteiger partial charge in [0.25, 0.3) is 0 Å². The summed E-state index contributed by atoms with van der Waals surface area (Å²) in [6.45, 7) is 10.9. The van der Waals surface area contributed by atoms with Gasteiger partial charge in [0.2, 0.25) is 0 Å². The van der Waals surface area contributed by atoms with Gasteiger partial charge in [-0.2, -0.15) is 0 Å². The van der Waals surface area contributed by atoms with E-state index in [0.29, 0.717) is 106 Å². The molecule has 0 aliphatic heterocycles. The highest BCUT2D eigenvalue weighted by atomic mass is 127. The van der Waals surface area contributed by atoms with E-state index in [9.17, 15) is 0 Å². The zero-order valence-corrected chi connectivity index (χ0v) is 28.5. The molecule has 0 aliphatic carbocycles. The first-order valence-corrected chi connectivity index (χ1v) is 17.8. The van der Waals surface area contributed by atoms with Crippen LogP contribution in [0.4, 0.5) is 0 Å². The van der Waals surface area contributed by atoms with E-state index in [1.807, 2.05) is 0 Å². The Hall–Kier alpha value is 1.10. The molecule has 0 aromatic carbocycles. The van der Waals surface area contributed by atoms with Gasteiger partial charge in [-0.05, 0) is 34.5 Å². The van der Waals surface area contributed by atoms with Crippen LogP contribution in [0.1, 0.15) is 51.4 Å². The van der Waals surface area contributed by atoms with Crippen LogP contribution in [0.25, 0.3) is 0 Å². The third-order valence-corrected chi connectivity index (χ3v) is 6.85. The molecule has 0 saturated heterocycles. The summed E-state index contributed by atoms with van der Waals surface area (Å²) < 4.78 is 52.0. The van der Waals surface area contributed by atoms with Crippen LogP contribution in [-0.2, 0) is 42.6 Å². The average Bonchev–Trinajstić information content (AvgIpc) is 2.95. The minimum Gasteiger partial charge on any atom is -0.379 e. The second-order valence-electron chi connectivity index (χ2n) is 8.72. The number of hydrogen-bond acceptors (Lipinski definition) is 9. The summed E-state index contributed by atoms with van der Waals surface area (Å²) in [5, 5.41) is 0. The number of unbranched alkanes of at least 4 members (excludes halogenated alkanes) is 6. The second-order valence-corrected chi connectivity index (χ2v) is 10.9. The van der Waals surface area contributed by atoms with Crippen LogP contribution in [0, 0.1) is 0 Å². The Morgan fingerprint density at radius 2 is 0.385 bits per heavy atom. The largest absolute Gasteiger partial charge is 0.379 e. The summed E-state index contributed by atoms with van der Waals surface area (Å²) >= 11 is 4.85. The smallest absolute Gasteiger partial charge is 0.0701 e. The van der Waals surface area contributed by atoms with Gasteiger partial charge in [-0.25, -0.2) is 0 Å². The van der Waals surface area contributed by atoms with E-state index < -0.39 is 0 Å². The fourth-order valence-electron chi connectivity index (χ4n) is 3.17. The minimum absolute atomic E-state index is 0.543. The van der Waals surface area contributed by atoms with Crippen molar-refractivity contribution in [3.63, 3.8) is 0 Å². The quantitative estimate of drug-likeness (QED) is 0.0488. The summed E-state index contributed by atoms with van der Waals surface area (Å²) in [4.78, 5) is 0. The van der Waals surface area contributed by atoms with Crippen molar-refractivity contribution in [2.45, 2.75) is 51.4 Å². The molecule has 236 valence electrons. The molecule has 0 heterocycles. The predicted octanol–water partition coefficient (Wildman–Crippen LogP) is 5.13. The minimum atomic E-state index is 0.543. The zero-order valence-electron chi connectivity index (χ0n) is 24.2. The van der Waals surface area contributed by atoms with Crippen LogP contribution in [0.15, 0.2) is 0 Å². The molecule has 0 bridgehead atoms. The van der Waals surface area contributed by atoms with Crippen molar-refractivity contribution in [3.8, 4) is 0 Å². The molecular formula is C28H56I2O9. The van der Waals surface area contributed by atoms with Gasteiger partial charge in [0.05, 0.1) is 106 Å². The summed E-state index contributed by atoms with van der Waals surface area (Å²) in [5.74, 6) is 0. The van der Waals surface area contributed by atoms with Crippen molar-refractivity contribution in [2.75, 3.05) is 128 Å². The number of halogens is 2. The molecule has 0 radical (unpaired) electrons. The molecule has 0 fully saturated rings. The Balaban J connectivity index is 3.01. The lowest BCUT2D eigenvalue weighted by Gasteiger charge is -2.09. The fourth-order valence-corrected chi connectivity index (χ4v) is 4.24. The fraction of sp³-hybridized carbons (Fsp3) is 1.00. The van der Waals surface area contributed by atoms with Crippen LogP contribution in [0.3, 0.4) is 0 Å². The SMILES string of the molecule is ICCCCCCOCCOCCOCCOCCOCCOCCOCCOCCOCCCCCCI. The molecule has 0 saturated carbocycles. The van der Waals surface area contributed by atoms with E-state index >= 15 is 0 Å². The van der Waals surface area contributed by atoms with Gasteiger partial charge in [0.15, 0.2) is 0 Å². The van der Waals surface area contributed by atoms with E-state index in [1.54, 1.807) is 0 Å². The van der Waals surface area contributed by atoms with E-state index in [4.69, 9.17) is 42.6 Å². The number of alkyl halides is 2. The average molecular weight is 791 g/mol. The Morgan fingerprint density at radius 3 is 0.590 bits per heavy atom. The third kappa shape index (κ3) is 39.1. The number of hydrogen-bond donors (Lipinski definition) is 0. The molecule has 0 unspecified atom stereocenters. The van der Waals surface area contributed by atoms with Gasteiger partial charge in [0.1, 0.15) is 0 Å². The van der Waals surface area contributed by atoms with E-state index in [2.05, 4.69) is 45.2 Å². The monoisotopic (exact) mass is 790 g/mol. The maximum atomic E-state index is 5.55. The van der Waals surface area contributed by atoms with Crippen LogP contribution in [0.5, 0.6) is 0 Å². The maximum Gasteiger partial charge on any atom is 0.0701 e. The van der Waals surface area contributed by atoms with Crippen molar-refractivity contribution in [2.24, 2.45) is 0 Å². The molecule has 9 nitrogen and oxygen atoms in total. The molecule has 0 N–H and O–H groups in total. The van der Waals surface area contributed by atoms with Crippen molar-refractivity contribution in [1.29, 1.82) is 0 Å². The zero-order chi connectivity index (χ0) is 28.2. The lowest BCUT2D eigenvalue weighted by molar-refractivity contribution is -0.0250. The molecular weight excluding hydrogens is 734 g/mol. The van der Waals surface area contributed by atoms with Crippen molar-refractivity contribution in [3.05, 3.63) is 0 Å². The Bertz CT molecular complexity index is 390. The van der Waals surface area contributed by atoms with Crippen molar-refractivity contribution >= 4 is 45.2 Å². The number of rotatable bonds is 36. The highest BCUT2D eigenvalue weighted by molar-refractivity contribution is 14.1. The predicted molar refractivity (Wildman–Crippen MR) is 172 cm³/mol. The second kappa shape index (κ2) is 39.1. The molecule has 0 atom stereocenters. The molecule has 0 rings (SSSR count). The molecule has 0 amide bonds. The van der Waals surface area contributed by atoms with Crippen molar-refractivity contribution in [1.82, 2.24) is 0 Å². The van der Waals surface area contributed by atoms with Gasteiger partial charge in [-0.15, -0.1) is 0 Å². The van der Waals surface area contributed by atoms with E-state index in [0.717, 1.165) is 26.1 Å². The first-order chi connectivity index (χ1) is 19.4. The number of ether oxygens (including phenoxy) is 9. The molecule has 0 aliphatic rings. The van der Waals surface area contributed by atoms with Gasteiger partial charge in [0, 0.05) is 13.2 Å². The van der Waals surface area contributed by atoms with Crippen LogP contribution < -0.4 is 0 Å². The lowest BCUT2D eigenvalue weighted by atomic mass is 10.2. The normalized spacial score (nSPS) is 11.5. The van der Waals surface area contributed by atoms with Gasteiger partial charge >= 0.3 is 0 Å². The Morgan fingerprint density at radius 1 is 0.205 bits per heavy atom. The van der Waals surface area contributed by atoms with Crippen LogP contribution in [-0.4, -0.2) is 128 Å². The summed E-state index contributed by atoms with van der Waals surface area (Å²) in [6.07, 6.45) is 10.0. The topological polar surface area (TPSA) is 83.1 Å². The van der Waals surface area contributed by atoms with Crippen LogP contribution >= 0.6 is 45.2 Å². The first-order valence-electron chi connectivity index (χ1n) is 14.7. The van der Waals surface area contributed by atoms with E-state index in [1.165, 1.54) is 47.4 Å². The Kier molecular flexibility index (Phi) is 40.2. The Labute approximate surface area is 265 Å².